The first kappa shape index (κ1) is 21.5. The standard InChI is InChI=1S/C19H28F3N3O2S/c20-19(21,22)17-7-5-6-16(14-17)15-24-12-8-18(9-13-24)23-28(26,27)25-10-3-1-2-4-11-25/h5-7,14,18,23H,1-4,8-13,15H2. The van der Waals surface area contributed by atoms with Crippen molar-refractivity contribution in [3.63, 3.8) is 0 Å². The maximum atomic E-state index is 12.9. The van der Waals surface area contributed by atoms with Gasteiger partial charge in [0, 0.05) is 38.8 Å². The van der Waals surface area contributed by atoms with Crippen LogP contribution in [0.2, 0.25) is 0 Å². The fraction of sp³-hybridized carbons (Fsp3) is 0.684. The van der Waals surface area contributed by atoms with Crippen LogP contribution >= 0.6 is 0 Å². The van der Waals surface area contributed by atoms with Crippen LogP contribution in [0.5, 0.6) is 0 Å². The van der Waals surface area contributed by atoms with Crippen molar-refractivity contribution in [1.82, 2.24) is 13.9 Å². The Kier molecular flexibility index (Phi) is 7.01. The Bertz CT molecular complexity index is 739. The zero-order valence-electron chi connectivity index (χ0n) is 15.9. The third kappa shape index (κ3) is 5.92. The lowest BCUT2D eigenvalue weighted by Crippen LogP contribution is -2.49. The van der Waals surface area contributed by atoms with Gasteiger partial charge in [-0.15, -0.1) is 0 Å². The first-order chi connectivity index (χ1) is 13.2. The minimum atomic E-state index is -4.34. The summed E-state index contributed by atoms with van der Waals surface area (Å²) >= 11 is 0. The predicted octanol–water partition coefficient (Wildman–Crippen LogP) is 3.38. The number of nitrogens with one attached hydrogen (secondary N) is 1. The Hall–Kier alpha value is -1.16. The molecule has 0 radical (unpaired) electrons. The maximum absolute atomic E-state index is 12.9. The summed E-state index contributed by atoms with van der Waals surface area (Å²) in [5.74, 6) is 0. The summed E-state index contributed by atoms with van der Waals surface area (Å²) in [7, 11) is -3.46. The lowest BCUT2D eigenvalue weighted by atomic mass is 10.0. The molecule has 2 aliphatic heterocycles. The Morgan fingerprint density at radius 3 is 2.25 bits per heavy atom. The number of alkyl halides is 3. The van der Waals surface area contributed by atoms with Gasteiger partial charge in [-0.05, 0) is 37.3 Å². The average Bonchev–Trinajstić information content (AvgIpc) is 2.93. The fourth-order valence-corrected chi connectivity index (χ4v) is 5.43. The molecule has 2 heterocycles. The van der Waals surface area contributed by atoms with Crippen LogP contribution in [0.4, 0.5) is 13.2 Å². The SMILES string of the molecule is O=S(=O)(NC1CCN(Cc2cccc(C(F)(F)F)c2)CC1)N1CCCCCC1. The molecule has 1 aromatic rings. The molecule has 0 aromatic heterocycles. The lowest BCUT2D eigenvalue weighted by molar-refractivity contribution is -0.137. The monoisotopic (exact) mass is 419 g/mol. The van der Waals surface area contributed by atoms with Crippen LogP contribution in [0.3, 0.4) is 0 Å². The molecule has 0 atom stereocenters. The third-order valence-corrected chi connectivity index (χ3v) is 7.14. The molecule has 1 N–H and O–H groups in total. The molecule has 0 bridgehead atoms. The summed E-state index contributed by atoms with van der Waals surface area (Å²) < 4.78 is 68.1. The van der Waals surface area contributed by atoms with E-state index in [1.807, 2.05) is 0 Å². The molecule has 28 heavy (non-hydrogen) atoms. The van der Waals surface area contributed by atoms with Crippen LogP contribution in [-0.4, -0.2) is 49.8 Å². The van der Waals surface area contributed by atoms with Crippen LogP contribution in [0, 0.1) is 0 Å². The van der Waals surface area contributed by atoms with Gasteiger partial charge in [0.15, 0.2) is 0 Å². The highest BCUT2D eigenvalue weighted by Crippen LogP contribution is 2.30. The van der Waals surface area contributed by atoms with E-state index in [1.54, 1.807) is 10.4 Å². The van der Waals surface area contributed by atoms with Crippen molar-refractivity contribution in [3.05, 3.63) is 35.4 Å². The van der Waals surface area contributed by atoms with Crippen LogP contribution in [-0.2, 0) is 22.9 Å². The molecule has 0 saturated carbocycles. The number of benzene rings is 1. The van der Waals surface area contributed by atoms with Gasteiger partial charge in [0.2, 0.25) is 0 Å². The number of rotatable bonds is 5. The van der Waals surface area contributed by atoms with Gasteiger partial charge in [-0.2, -0.15) is 30.6 Å². The zero-order valence-corrected chi connectivity index (χ0v) is 16.7. The number of halogens is 3. The molecule has 2 saturated heterocycles. The minimum Gasteiger partial charge on any atom is -0.299 e. The van der Waals surface area contributed by atoms with E-state index < -0.39 is 21.9 Å². The fourth-order valence-electron chi connectivity index (χ4n) is 3.88. The van der Waals surface area contributed by atoms with E-state index in [4.69, 9.17) is 0 Å². The molecule has 0 spiro atoms. The first-order valence-electron chi connectivity index (χ1n) is 9.90. The number of nitrogens with zero attached hydrogens (tertiary/aromatic N) is 2. The van der Waals surface area contributed by atoms with Gasteiger partial charge in [0.1, 0.15) is 0 Å². The van der Waals surface area contributed by atoms with E-state index >= 15 is 0 Å². The molecule has 0 unspecified atom stereocenters. The Balaban J connectivity index is 1.50. The van der Waals surface area contributed by atoms with E-state index in [-0.39, 0.29) is 6.04 Å². The second-order valence-corrected chi connectivity index (χ2v) is 9.39. The van der Waals surface area contributed by atoms with Crippen molar-refractivity contribution in [3.8, 4) is 0 Å². The molecule has 2 aliphatic rings. The van der Waals surface area contributed by atoms with Crippen molar-refractivity contribution >= 4 is 10.2 Å². The van der Waals surface area contributed by atoms with Crippen LogP contribution in [0.15, 0.2) is 24.3 Å². The number of hydrogen-bond acceptors (Lipinski definition) is 3. The zero-order chi connectivity index (χ0) is 20.2. The van der Waals surface area contributed by atoms with Gasteiger partial charge in [0.05, 0.1) is 5.56 Å². The van der Waals surface area contributed by atoms with E-state index in [2.05, 4.69) is 9.62 Å². The van der Waals surface area contributed by atoms with Crippen molar-refractivity contribution in [2.75, 3.05) is 26.2 Å². The first-order valence-corrected chi connectivity index (χ1v) is 11.3. The topological polar surface area (TPSA) is 52.7 Å². The molecular formula is C19H28F3N3O2S. The Morgan fingerprint density at radius 2 is 1.64 bits per heavy atom. The molecule has 0 amide bonds. The summed E-state index contributed by atoms with van der Waals surface area (Å²) in [6, 6.07) is 5.27. The lowest BCUT2D eigenvalue weighted by Gasteiger charge is -2.33. The molecule has 2 fully saturated rings. The second-order valence-electron chi connectivity index (χ2n) is 7.68. The van der Waals surface area contributed by atoms with Gasteiger partial charge in [0.25, 0.3) is 10.2 Å². The largest absolute Gasteiger partial charge is 0.416 e. The van der Waals surface area contributed by atoms with Gasteiger partial charge in [-0.1, -0.05) is 31.0 Å². The highest BCUT2D eigenvalue weighted by molar-refractivity contribution is 7.87. The summed E-state index contributed by atoms with van der Waals surface area (Å²) in [5, 5.41) is 0. The van der Waals surface area contributed by atoms with Crippen LogP contribution < -0.4 is 4.72 Å². The predicted molar refractivity (Wildman–Crippen MR) is 102 cm³/mol. The molecule has 5 nitrogen and oxygen atoms in total. The van der Waals surface area contributed by atoms with Gasteiger partial charge in [-0.3, -0.25) is 4.90 Å². The summed E-state index contributed by atoms with van der Waals surface area (Å²) in [6.45, 7) is 2.90. The highest BCUT2D eigenvalue weighted by Gasteiger charge is 2.31. The minimum absolute atomic E-state index is 0.119. The summed E-state index contributed by atoms with van der Waals surface area (Å²) in [6.07, 6.45) is 0.916. The third-order valence-electron chi connectivity index (χ3n) is 5.47. The van der Waals surface area contributed by atoms with Crippen LogP contribution in [0.25, 0.3) is 0 Å². The van der Waals surface area contributed by atoms with Gasteiger partial charge < -0.3 is 0 Å². The molecule has 158 valence electrons. The second kappa shape index (κ2) is 9.11. The molecule has 3 rings (SSSR count). The van der Waals surface area contributed by atoms with Crippen molar-refractivity contribution in [1.29, 1.82) is 0 Å². The van der Waals surface area contributed by atoms with Crippen molar-refractivity contribution < 1.29 is 21.6 Å². The quantitative estimate of drug-likeness (QED) is 0.796. The number of piperidine rings is 1. The molecule has 9 heteroatoms. The number of hydrogen-bond donors (Lipinski definition) is 1. The normalized spacial score (nSPS) is 21.5. The van der Waals surface area contributed by atoms with E-state index in [9.17, 15) is 21.6 Å². The van der Waals surface area contributed by atoms with Crippen molar-refractivity contribution in [2.45, 2.75) is 57.3 Å². The van der Waals surface area contributed by atoms with Gasteiger partial charge >= 0.3 is 6.18 Å². The highest BCUT2D eigenvalue weighted by atomic mass is 32.2. The Morgan fingerprint density at radius 1 is 1.00 bits per heavy atom. The molecule has 1 aromatic carbocycles. The molecular weight excluding hydrogens is 391 g/mol. The van der Waals surface area contributed by atoms with E-state index in [1.165, 1.54) is 12.1 Å². The van der Waals surface area contributed by atoms with Crippen LogP contribution in [0.1, 0.15) is 49.7 Å². The van der Waals surface area contributed by atoms with Crippen molar-refractivity contribution in [2.24, 2.45) is 0 Å². The average molecular weight is 420 g/mol. The smallest absolute Gasteiger partial charge is 0.299 e. The van der Waals surface area contributed by atoms with E-state index in [0.29, 0.717) is 51.1 Å². The summed E-state index contributed by atoms with van der Waals surface area (Å²) in [4.78, 5) is 2.08. The van der Waals surface area contributed by atoms with E-state index in [0.717, 1.165) is 31.7 Å². The number of likely N-dealkylation sites (tertiary alicyclic amines) is 1. The maximum Gasteiger partial charge on any atom is 0.416 e. The Labute approximate surface area is 165 Å². The molecule has 0 aliphatic carbocycles. The summed E-state index contributed by atoms with van der Waals surface area (Å²) in [5.41, 5.74) is -0.0106. The van der Waals surface area contributed by atoms with Gasteiger partial charge in [-0.25, -0.2) is 0 Å².